The lowest BCUT2D eigenvalue weighted by Crippen LogP contribution is -2.30. The molecule has 96 valence electrons. The first-order valence-electron chi connectivity index (χ1n) is 5.91. The van der Waals surface area contributed by atoms with Crippen molar-refractivity contribution in [3.8, 4) is 0 Å². The zero-order valence-corrected chi connectivity index (χ0v) is 11.3. The molecule has 0 amide bonds. The predicted octanol–water partition coefficient (Wildman–Crippen LogP) is 2.42. The van der Waals surface area contributed by atoms with Crippen LogP contribution in [0, 0.1) is 6.92 Å². The van der Waals surface area contributed by atoms with Crippen molar-refractivity contribution < 1.29 is 0 Å². The molecule has 1 aromatic heterocycles. The molecule has 0 saturated carbocycles. The van der Waals surface area contributed by atoms with E-state index < -0.39 is 0 Å². The summed E-state index contributed by atoms with van der Waals surface area (Å²) >= 11 is 6.02. The molecule has 4 nitrogen and oxygen atoms in total. The fourth-order valence-electron chi connectivity index (χ4n) is 2.09. The number of aromatic nitrogens is 2. The summed E-state index contributed by atoms with van der Waals surface area (Å²) in [4.78, 5) is 0. The molecule has 0 bridgehead atoms. The number of hydrogen-bond acceptors (Lipinski definition) is 3. The lowest BCUT2D eigenvalue weighted by molar-refractivity contribution is 0.542. The van der Waals surface area contributed by atoms with Gasteiger partial charge in [-0.3, -0.25) is 10.5 Å². The number of nitrogens with zero attached hydrogens (tertiary/aromatic N) is 2. The van der Waals surface area contributed by atoms with Crippen LogP contribution in [0.3, 0.4) is 0 Å². The summed E-state index contributed by atoms with van der Waals surface area (Å²) in [5.74, 6) is 5.69. The van der Waals surface area contributed by atoms with Crippen molar-refractivity contribution in [1.29, 1.82) is 0 Å². The highest BCUT2D eigenvalue weighted by Gasteiger charge is 2.17. The molecule has 18 heavy (non-hydrogen) atoms. The summed E-state index contributed by atoms with van der Waals surface area (Å²) in [5.41, 5.74) is 5.88. The van der Waals surface area contributed by atoms with Crippen LogP contribution in [0.4, 0.5) is 0 Å². The van der Waals surface area contributed by atoms with E-state index in [1.54, 1.807) is 0 Å². The van der Waals surface area contributed by atoms with Crippen LogP contribution in [0.1, 0.15) is 29.9 Å². The maximum atomic E-state index is 6.02. The third kappa shape index (κ3) is 2.56. The zero-order chi connectivity index (χ0) is 13.1. The van der Waals surface area contributed by atoms with Gasteiger partial charge in [0.1, 0.15) is 0 Å². The van der Waals surface area contributed by atoms with Crippen LogP contribution in [0.25, 0.3) is 0 Å². The fourth-order valence-corrected chi connectivity index (χ4v) is 2.29. The van der Waals surface area contributed by atoms with Crippen LogP contribution >= 0.6 is 11.6 Å². The molecular weight excluding hydrogens is 248 g/mol. The van der Waals surface area contributed by atoms with Gasteiger partial charge in [-0.15, -0.1) is 0 Å². The lowest BCUT2D eigenvalue weighted by atomic mass is 10.0. The number of nitrogens with two attached hydrogens (primary N) is 1. The normalized spacial score (nSPS) is 12.7. The highest BCUT2D eigenvalue weighted by molar-refractivity contribution is 6.30. The molecule has 0 spiro atoms. The van der Waals surface area contributed by atoms with E-state index in [0.29, 0.717) is 5.02 Å². The summed E-state index contributed by atoms with van der Waals surface area (Å²) in [6, 6.07) is 9.61. The van der Waals surface area contributed by atoms with Gasteiger partial charge in [-0.2, -0.15) is 5.10 Å². The summed E-state index contributed by atoms with van der Waals surface area (Å²) < 4.78 is 1.95. The van der Waals surface area contributed by atoms with Gasteiger partial charge >= 0.3 is 0 Å². The molecule has 2 rings (SSSR count). The second-order valence-corrected chi connectivity index (χ2v) is 4.62. The third-order valence-electron chi connectivity index (χ3n) is 2.88. The Labute approximate surface area is 112 Å². The van der Waals surface area contributed by atoms with E-state index in [2.05, 4.69) is 17.4 Å². The Morgan fingerprint density at radius 2 is 2.22 bits per heavy atom. The molecule has 0 aliphatic carbocycles. The monoisotopic (exact) mass is 264 g/mol. The lowest BCUT2D eigenvalue weighted by Gasteiger charge is -2.17. The van der Waals surface area contributed by atoms with Gasteiger partial charge in [0.15, 0.2) is 0 Å². The number of nitrogens with one attached hydrogen (secondary N) is 1. The van der Waals surface area contributed by atoms with E-state index >= 15 is 0 Å². The van der Waals surface area contributed by atoms with Crippen molar-refractivity contribution in [3.05, 3.63) is 52.3 Å². The topological polar surface area (TPSA) is 55.9 Å². The van der Waals surface area contributed by atoms with Gasteiger partial charge in [0.05, 0.1) is 17.4 Å². The van der Waals surface area contributed by atoms with Crippen molar-refractivity contribution in [2.45, 2.75) is 26.4 Å². The van der Waals surface area contributed by atoms with Crippen LogP contribution in [-0.2, 0) is 6.54 Å². The summed E-state index contributed by atoms with van der Waals surface area (Å²) in [5, 5.41) is 5.13. The minimum absolute atomic E-state index is 0.107. The van der Waals surface area contributed by atoms with Gasteiger partial charge in [0, 0.05) is 11.6 Å². The molecule has 3 N–H and O–H groups in total. The van der Waals surface area contributed by atoms with E-state index in [1.807, 2.05) is 41.9 Å². The maximum absolute atomic E-state index is 6.02. The van der Waals surface area contributed by atoms with E-state index in [0.717, 1.165) is 23.5 Å². The number of hydrazine groups is 1. The van der Waals surface area contributed by atoms with E-state index in [4.69, 9.17) is 17.4 Å². The van der Waals surface area contributed by atoms with Gasteiger partial charge in [0.2, 0.25) is 0 Å². The number of rotatable bonds is 4. The summed E-state index contributed by atoms with van der Waals surface area (Å²) in [6.45, 7) is 4.84. The van der Waals surface area contributed by atoms with Crippen LogP contribution in [0.5, 0.6) is 0 Å². The van der Waals surface area contributed by atoms with Crippen molar-refractivity contribution in [1.82, 2.24) is 15.2 Å². The van der Waals surface area contributed by atoms with Crippen molar-refractivity contribution >= 4 is 11.6 Å². The molecule has 1 unspecified atom stereocenters. The Hall–Kier alpha value is -1.36. The second-order valence-electron chi connectivity index (χ2n) is 4.18. The standard InChI is InChI=1S/C13H17ClN4/c1-3-18-12(7-9(2)17-18)13(16-15)10-5-4-6-11(14)8-10/h4-8,13,16H,3,15H2,1-2H3. The average Bonchev–Trinajstić information content (AvgIpc) is 2.71. The van der Waals surface area contributed by atoms with E-state index in [-0.39, 0.29) is 6.04 Å². The maximum Gasteiger partial charge on any atom is 0.0878 e. The fraction of sp³-hybridized carbons (Fsp3) is 0.308. The van der Waals surface area contributed by atoms with E-state index in [1.165, 1.54) is 0 Å². The second kappa shape index (κ2) is 5.52. The Kier molecular flexibility index (Phi) is 4.01. The quantitative estimate of drug-likeness (QED) is 0.659. The summed E-state index contributed by atoms with van der Waals surface area (Å²) in [7, 11) is 0. The van der Waals surface area contributed by atoms with Gasteiger partial charge in [-0.1, -0.05) is 23.7 Å². The van der Waals surface area contributed by atoms with Gasteiger partial charge < -0.3 is 0 Å². The smallest absolute Gasteiger partial charge is 0.0878 e. The molecule has 2 aromatic rings. The predicted molar refractivity (Wildman–Crippen MR) is 73.3 cm³/mol. The zero-order valence-electron chi connectivity index (χ0n) is 10.5. The first kappa shape index (κ1) is 13.1. The Morgan fingerprint density at radius 3 is 2.83 bits per heavy atom. The van der Waals surface area contributed by atoms with Crippen LogP contribution in [0.2, 0.25) is 5.02 Å². The molecule has 1 atom stereocenters. The van der Waals surface area contributed by atoms with E-state index in [9.17, 15) is 0 Å². The van der Waals surface area contributed by atoms with Gasteiger partial charge in [-0.25, -0.2) is 5.43 Å². The van der Waals surface area contributed by atoms with Gasteiger partial charge in [-0.05, 0) is 37.6 Å². The largest absolute Gasteiger partial charge is 0.271 e. The number of hydrogen-bond donors (Lipinski definition) is 2. The molecule has 0 fully saturated rings. The number of benzene rings is 1. The van der Waals surface area contributed by atoms with Crippen molar-refractivity contribution in [3.63, 3.8) is 0 Å². The molecule has 5 heteroatoms. The minimum Gasteiger partial charge on any atom is -0.271 e. The minimum atomic E-state index is -0.107. The first-order valence-corrected chi connectivity index (χ1v) is 6.29. The molecule has 1 heterocycles. The molecule has 0 radical (unpaired) electrons. The van der Waals surface area contributed by atoms with Crippen molar-refractivity contribution in [2.24, 2.45) is 5.84 Å². The molecule has 1 aromatic carbocycles. The first-order chi connectivity index (χ1) is 8.65. The SMILES string of the molecule is CCn1nc(C)cc1C(NN)c1cccc(Cl)c1. The van der Waals surface area contributed by atoms with Crippen LogP contribution in [0.15, 0.2) is 30.3 Å². The van der Waals surface area contributed by atoms with Crippen LogP contribution < -0.4 is 11.3 Å². The molecule has 0 saturated heterocycles. The van der Waals surface area contributed by atoms with Crippen LogP contribution in [-0.4, -0.2) is 9.78 Å². The Balaban J connectivity index is 2.44. The highest BCUT2D eigenvalue weighted by Crippen LogP contribution is 2.24. The summed E-state index contributed by atoms with van der Waals surface area (Å²) in [6.07, 6.45) is 0. The van der Waals surface area contributed by atoms with Crippen molar-refractivity contribution in [2.75, 3.05) is 0 Å². The molecule has 0 aliphatic heterocycles. The average molecular weight is 265 g/mol. The number of halogens is 1. The van der Waals surface area contributed by atoms with Gasteiger partial charge in [0.25, 0.3) is 0 Å². The third-order valence-corrected chi connectivity index (χ3v) is 3.11. The Bertz CT molecular complexity index is 536. The molecule has 0 aliphatic rings. The Morgan fingerprint density at radius 1 is 1.44 bits per heavy atom. The highest BCUT2D eigenvalue weighted by atomic mass is 35.5. The molecular formula is C13H17ClN4. The number of aryl methyl sites for hydroxylation is 2.